The van der Waals surface area contributed by atoms with Gasteiger partial charge in [0.2, 0.25) is 0 Å². The molecule has 0 saturated carbocycles. The molecule has 2 aliphatic rings. The van der Waals surface area contributed by atoms with Gasteiger partial charge in [-0.1, -0.05) is 21.1 Å². The molecule has 5 N–H and O–H groups in total. The molecule has 35 heavy (non-hydrogen) atoms. The monoisotopic (exact) mass is 747 g/mol. The molecule has 0 saturated heterocycles. The van der Waals surface area contributed by atoms with Crippen molar-refractivity contribution in [2.45, 2.75) is 41.8 Å². The van der Waals surface area contributed by atoms with Crippen molar-refractivity contribution < 1.29 is 34.1 Å². The number of aliphatic hydroxyl groups is 2. The van der Waals surface area contributed by atoms with Crippen molar-refractivity contribution in [2.75, 3.05) is 26.8 Å². The second-order valence-corrected chi connectivity index (χ2v) is 11.6. The Hall–Kier alpha value is -0.740. The Kier molecular flexibility index (Phi) is 10.4. The molecule has 10 nitrogen and oxygen atoms in total. The predicted molar refractivity (Wildman–Crippen MR) is 142 cm³/mol. The fourth-order valence-corrected chi connectivity index (χ4v) is 6.86. The van der Waals surface area contributed by atoms with Gasteiger partial charge in [0.05, 0.1) is 31.0 Å². The van der Waals surface area contributed by atoms with Crippen molar-refractivity contribution in [3.05, 3.63) is 37.4 Å². The molecule has 1 aromatic carbocycles. The summed E-state index contributed by atoms with van der Waals surface area (Å²) in [6.07, 6.45) is -0.488. The molecule has 3 rings (SSSR count). The molecule has 1 spiro atoms. The number of carbonyl (C=O) groups is 1. The summed E-state index contributed by atoms with van der Waals surface area (Å²) in [5, 5.41) is 27.2. The zero-order valence-electron chi connectivity index (χ0n) is 18.5. The van der Waals surface area contributed by atoms with Gasteiger partial charge in [-0.05, 0) is 71.9 Å². The maximum Gasteiger partial charge on any atom is 0.307 e. The van der Waals surface area contributed by atoms with Crippen molar-refractivity contribution in [1.29, 1.82) is 0 Å². The van der Waals surface area contributed by atoms with Crippen molar-refractivity contribution in [2.24, 2.45) is 10.9 Å². The average Bonchev–Trinajstić information content (AvgIpc) is 3.07. The zero-order chi connectivity index (χ0) is 25.8. The number of halogens is 4. The predicted octanol–water partition coefficient (Wildman–Crippen LogP) is 2.97. The molecule has 0 aliphatic carbocycles. The lowest BCUT2D eigenvalue weighted by molar-refractivity contribution is -0.230. The van der Waals surface area contributed by atoms with Crippen LogP contribution in [-0.4, -0.2) is 71.5 Å². The van der Waals surface area contributed by atoms with Crippen LogP contribution in [-0.2, 0) is 19.1 Å². The summed E-state index contributed by atoms with van der Waals surface area (Å²) in [6.45, 7) is 0.683. The third-order valence-corrected chi connectivity index (χ3v) is 8.01. The summed E-state index contributed by atoms with van der Waals surface area (Å²) >= 11 is 13.8. The fourth-order valence-electron chi connectivity index (χ4n) is 3.50. The van der Waals surface area contributed by atoms with Gasteiger partial charge in [0.1, 0.15) is 18.1 Å². The SMILES string of the molecule is CO[C@@H]1C(Br)=CO[C@@]2(C[C@@H]1Br)ON=C(C(=O)NCCCOc1c(Br)cc([C@@H](O)CN)cc1Br)[C@@H]2O. The molecule has 2 aliphatic heterocycles. The highest BCUT2D eigenvalue weighted by Crippen LogP contribution is 2.40. The van der Waals surface area contributed by atoms with Gasteiger partial charge in [-0.3, -0.25) is 4.79 Å². The number of methoxy groups -OCH3 is 1. The number of alkyl halides is 1. The van der Waals surface area contributed by atoms with Crippen LogP contribution in [0.1, 0.15) is 24.5 Å². The van der Waals surface area contributed by atoms with Gasteiger partial charge in [0.25, 0.3) is 5.91 Å². The van der Waals surface area contributed by atoms with E-state index in [0.29, 0.717) is 37.8 Å². The van der Waals surface area contributed by atoms with E-state index in [0.717, 1.165) is 0 Å². The summed E-state index contributed by atoms with van der Waals surface area (Å²) in [4.78, 5) is 17.8. The Morgan fingerprint density at radius 3 is 2.69 bits per heavy atom. The van der Waals surface area contributed by atoms with Gasteiger partial charge in [0.15, 0.2) is 11.8 Å². The molecule has 14 heteroatoms. The van der Waals surface area contributed by atoms with Crippen LogP contribution in [0.25, 0.3) is 0 Å². The zero-order valence-corrected chi connectivity index (χ0v) is 24.9. The fraction of sp³-hybridized carbons (Fsp3) is 0.524. The van der Waals surface area contributed by atoms with Gasteiger partial charge >= 0.3 is 5.79 Å². The number of amides is 1. The van der Waals surface area contributed by atoms with E-state index >= 15 is 0 Å². The van der Waals surface area contributed by atoms with E-state index < -0.39 is 23.9 Å². The number of rotatable bonds is 9. The molecule has 1 amide bonds. The minimum absolute atomic E-state index is 0.107. The minimum atomic E-state index is -1.54. The summed E-state index contributed by atoms with van der Waals surface area (Å²) in [6, 6.07) is 3.48. The number of hydrogen-bond donors (Lipinski definition) is 4. The highest BCUT2D eigenvalue weighted by atomic mass is 79.9. The third-order valence-electron chi connectivity index (χ3n) is 5.39. The van der Waals surface area contributed by atoms with Crippen LogP contribution in [0.3, 0.4) is 0 Å². The number of benzene rings is 1. The van der Waals surface area contributed by atoms with Crippen LogP contribution in [0.2, 0.25) is 0 Å². The van der Waals surface area contributed by atoms with Crippen LogP contribution in [0.4, 0.5) is 0 Å². The summed E-state index contributed by atoms with van der Waals surface area (Å²) in [5.41, 5.74) is 5.99. The molecule has 0 aromatic heterocycles. The Labute approximate surface area is 236 Å². The summed E-state index contributed by atoms with van der Waals surface area (Å²) < 4.78 is 18.8. The lowest BCUT2D eigenvalue weighted by Crippen LogP contribution is -2.50. The molecule has 1 aromatic rings. The first-order valence-corrected chi connectivity index (χ1v) is 13.9. The van der Waals surface area contributed by atoms with E-state index in [1.165, 1.54) is 6.26 Å². The first-order chi connectivity index (χ1) is 16.6. The van der Waals surface area contributed by atoms with Gasteiger partial charge in [-0.15, -0.1) is 0 Å². The van der Waals surface area contributed by atoms with Crippen LogP contribution in [0, 0.1) is 0 Å². The van der Waals surface area contributed by atoms with Crippen molar-refractivity contribution in [3.8, 4) is 5.75 Å². The van der Waals surface area contributed by atoms with Crippen LogP contribution >= 0.6 is 63.7 Å². The van der Waals surface area contributed by atoms with E-state index in [-0.39, 0.29) is 36.2 Å². The molecule has 5 atom stereocenters. The Morgan fingerprint density at radius 1 is 1.37 bits per heavy atom. The highest BCUT2D eigenvalue weighted by Gasteiger charge is 2.55. The van der Waals surface area contributed by atoms with Crippen molar-refractivity contribution >= 4 is 75.3 Å². The molecule has 0 radical (unpaired) electrons. The lowest BCUT2D eigenvalue weighted by atomic mass is 9.99. The third kappa shape index (κ3) is 6.58. The maximum absolute atomic E-state index is 12.6. The van der Waals surface area contributed by atoms with Gasteiger partial charge < -0.3 is 40.3 Å². The molecule has 0 fully saturated rings. The molecule has 194 valence electrons. The van der Waals surface area contributed by atoms with Crippen molar-refractivity contribution in [3.63, 3.8) is 0 Å². The van der Waals surface area contributed by atoms with Crippen LogP contribution in [0.5, 0.6) is 5.75 Å². The Morgan fingerprint density at radius 2 is 2.06 bits per heavy atom. The Balaban J connectivity index is 1.50. The van der Waals surface area contributed by atoms with Crippen LogP contribution < -0.4 is 15.8 Å². The van der Waals surface area contributed by atoms with Gasteiger partial charge in [-0.2, -0.15) is 0 Å². The number of hydrogen-bond acceptors (Lipinski definition) is 9. The number of nitrogens with two attached hydrogens (primary N) is 1. The topological polar surface area (TPSA) is 145 Å². The van der Waals surface area contributed by atoms with E-state index in [2.05, 4.69) is 74.2 Å². The second-order valence-electron chi connectivity index (χ2n) is 7.80. The quantitative estimate of drug-likeness (QED) is 0.223. The highest BCUT2D eigenvalue weighted by molar-refractivity contribution is 9.12. The van der Waals surface area contributed by atoms with Crippen molar-refractivity contribution in [1.82, 2.24) is 5.32 Å². The first kappa shape index (κ1) is 28.8. The summed E-state index contributed by atoms with van der Waals surface area (Å²) in [7, 11) is 1.55. The van der Waals surface area contributed by atoms with E-state index in [4.69, 9.17) is 24.8 Å². The normalized spacial score (nSPS) is 26.8. The molecule has 0 unspecified atom stereocenters. The summed E-state index contributed by atoms with van der Waals surface area (Å²) in [5.74, 6) is -1.54. The lowest BCUT2D eigenvalue weighted by Gasteiger charge is -2.29. The first-order valence-electron chi connectivity index (χ1n) is 10.6. The maximum atomic E-state index is 12.6. The minimum Gasteiger partial charge on any atom is -0.491 e. The second kappa shape index (κ2) is 12.7. The number of ether oxygens (including phenoxy) is 3. The number of aliphatic hydroxyl groups excluding tert-OH is 2. The van der Waals surface area contributed by atoms with E-state index in [1.807, 2.05) is 0 Å². The molecular formula is C21H25Br4N3O7. The molecule has 0 bridgehead atoms. The average molecular weight is 751 g/mol. The largest absolute Gasteiger partial charge is 0.491 e. The smallest absolute Gasteiger partial charge is 0.307 e. The molecular weight excluding hydrogens is 726 g/mol. The number of carbonyl (C=O) groups excluding carboxylic acids is 1. The Bertz CT molecular complexity index is 973. The van der Waals surface area contributed by atoms with E-state index in [9.17, 15) is 15.0 Å². The molecule has 2 heterocycles. The number of oxime groups is 1. The number of nitrogens with zero attached hydrogens (tertiary/aromatic N) is 1. The van der Waals surface area contributed by atoms with Gasteiger partial charge in [-0.25, -0.2) is 0 Å². The van der Waals surface area contributed by atoms with E-state index in [1.54, 1.807) is 19.2 Å². The number of nitrogens with one attached hydrogen (secondary N) is 1. The standard InChI is InChI=1S/C21H25Br4N3O7/c1-32-17-13(24)7-21(34-9-14(17)25)19(30)16(28-35-21)20(31)27-3-2-4-33-18-11(22)5-10(6-12(18)23)15(29)8-26/h5-6,9,13,15,17,19,29-30H,2-4,7-8,26H2,1H3,(H,27,31)/t13-,15-,17-,19-,21-/m0/s1. The van der Waals surface area contributed by atoms with Crippen LogP contribution in [0.15, 0.2) is 37.0 Å². The van der Waals surface area contributed by atoms with Gasteiger partial charge in [0, 0.05) is 26.6 Å².